The van der Waals surface area contributed by atoms with Crippen LogP contribution in [0.5, 0.6) is 0 Å². The van der Waals surface area contributed by atoms with Gasteiger partial charge in [-0.1, -0.05) is 54.1 Å². The van der Waals surface area contributed by atoms with Crippen LogP contribution in [0.15, 0.2) is 72.8 Å². The first-order valence-electron chi connectivity index (χ1n) is 12.1. The Kier molecular flexibility index (Phi) is 6.12. The van der Waals surface area contributed by atoms with E-state index < -0.39 is 6.04 Å². The van der Waals surface area contributed by atoms with Crippen molar-refractivity contribution in [2.45, 2.75) is 45.3 Å². The van der Waals surface area contributed by atoms with Gasteiger partial charge in [0.25, 0.3) is 11.8 Å². The Hall–Kier alpha value is -3.93. The smallest absolute Gasteiger partial charge is 0.256 e. The third-order valence-electron chi connectivity index (χ3n) is 6.97. The minimum Gasteiger partial charge on any atom is -0.346 e. The fourth-order valence-corrected chi connectivity index (χ4v) is 4.94. The molecule has 3 aromatic rings. The highest BCUT2D eigenvalue weighted by atomic mass is 16.2. The minimum atomic E-state index is -0.414. The lowest BCUT2D eigenvalue weighted by atomic mass is 10.1. The maximum atomic E-state index is 13.5. The summed E-state index contributed by atoms with van der Waals surface area (Å²) >= 11 is 0. The van der Waals surface area contributed by atoms with E-state index in [4.69, 9.17) is 0 Å². The molecule has 0 radical (unpaired) electrons. The van der Waals surface area contributed by atoms with Crippen LogP contribution in [-0.4, -0.2) is 35.2 Å². The normalized spacial score (nSPS) is 18.1. The summed E-state index contributed by atoms with van der Waals surface area (Å²) in [6, 6.07) is 22.2. The molecule has 2 aliphatic heterocycles. The van der Waals surface area contributed by atoms with Crippen LogP contribution in [0.3, 0.4) is 0 Å². The van der Waals surface area contributed by atoms with E-state index in [1.807, 2.05) is 68.4 Å². The number of nitrogens with zero attached hydrogens (tertiary/aromatic N) is 2. The Morgan fingerprint density at radius 3 is 2.46 bits per heavy atom. The Morgan fingerprint density at radius 1 is 1.00 bits per heavy atom. The standard InChI is InChI=1S/C29H29N3O3/c1-19-9-13-22(14-10-19)20(2)30-27(33)23-15-11-21(12-16-23)18-32-25-7-4-3-6-24(25)28(34)31-17-5-8-26(31)29(32)35/h3-4,6-7,9-16,20,26H,5,8,17-18H2,1-2H3,(H,30,33)/t20-,26-/m1/s1. The van der Waals surface area contributed by atoms with Gasteiger partial charge in [-0.2, -0.15) is 0 Å². The fourth-order valence-electron chi connectivity index (χ4n) is 4.94. The van der Waals surface area contributed by atoms with Gasteiger partial charge >= 0.3 is 0 Å². The van der Waals surface area contributed by atoms with E-state index in [1.165, 1.54) is 5.56 Å². The van der Waals surface area contributed by atoms with E-state index in [-0.39, 0.29) is 23.8 Å². The summed E-state index contributed by atoms with van der Waals surface area (Å²) in [5.74, 6) is -0.267. The van der Waals surface area contributed by atoms with Crippen molar-refractivity contribution in [2.24, 2.45) is 0 Å². The second-order valence-electron chi connectivity index (χ2n) is 9.40. The summed E-state index contributed by atoms with van der Waals surface area (Å²) in [5.41, 5.74) is 4.90. The number of rotatable bonds is 5. The van der Waals surface area contributed by atoms with Crippen LogP contribution in [0.25, 0.3) is 0 Å². The quantitative estimate of drug-likeness (QED) is 0.595. The molecule has 3 aromatic carbocycles. The van der Waals surface area contributed by atoms with Gasteiger partial charge in [-0.3, -0.25) is 14.4 Å². The molecule has 2 atom stereocenters. The van der Waals surface area contributed by atoms with Crippen LogP contribution in [0.1, 0.15) is 63.2 Å². The van der Waals surface area contributed by atoms with Gasteiger partial charge < -0.3 is 15.1 Å². The molecule has 3 amide bonds. The Bertz CT molecular complexity index is 1270. The van der Waals surface area contributed by atoms with Crippen molar-refractivity contribution in [1.29, 1.82) is 0 Å². The van der Waals surface area contributed by atoms with Crippen molar-refractivity contribution in [1.82, 2.24) is 10.2 Å². The topological polar surface area (TPSA) is 69.7 Å². The number of hydrogen-bond donors (Lipinski definition) is 1. The molecule has 5 rings (SSSR count). The Labute approximate surface area is 205 Å². The highest BCUT2D eigenvalue weighted by Crippen LogP contribution is 2.33. The average molecular weight is 468 g/mol. The van der Waals surface area contributed by atoms with Gasteiger partial charge in [0.15, 0.2) is 0 Å². The summed E-state index contributed by atoms with van der Waals surface area (Å²) in [7, 11) is 0. The zero-order valence-electron chi connectivity index (χ0n) is 20.0. The molecule has 0 unspecified atom stereocenters. The number of para-hydroxylation sites is 1. The van der Waals surface area contributed by atoms with E-state index in [0.29, 0.717) is 36.3 Å². The molecule has 1 fully saturated rings. The third kappa shape index (κ3) is 4.44. The number of aryl methyl sites for hydroxylation is 1. The van der Waals surface area contributed by atoms with Crippen molar-refractivity contribution in [3.8, 4) is 0 Å². The van der Waals surface area contributed by atoms with Crippen molar-refractivity contribution < 1.29 is 14.4 Å². The zero-order chi connectivity index (χ0) is 24.5. The van der Waals surface area contributed by atoms with Crippen LogP contribution in [0, 0.1) is 6.92 Å². The van der Waals surface area contributed by atoms with Crippen molar-refractivity contribution >= 4 is 23.4 Å². The lowest BCUT2D eigenvalue weighted by Crippen LogP contribution is -2.44. The van der Waals surface area contributed by atoms with E-state index in [0.717, 1.165) is 17.5 Å². The molecular weight excluding hydrogens is 438 g/mol. The van der Waals surface area contributed by atoms with Gasteiger partial charge in [0, 0.05) is 12.1 Å². The fraction of sp³-hybridized carbons (Fsp3) is 0.276. The molecule has 2 aliphatic rings. The van der Waals surface area contributed by atoms with Gasteiger partial charge in [0.05, 0.1) is 23.8 Å². The first-order valence-corrected chi connectivity index (χ1v) is 12.1. The van der Waals surface area contributed by atoms with Gasteiger partial charge in [0.1, 0.15) is 6.04 Å². The molecule has 0 bridgehead atoms. The maximum Gasteiger partial charge on any atom is 0.256 e. The van der Waals surface area contributed by atoms with E-state index >= 15 is 0 Å². The summed E-state index contributed by atoms with van der Waals surface area (Å²) in [6.07, 6.45) is 1.52. The molecule has 1 saturated heterocycles. The van der Waals surface area contributed by atoms with Crippen LogP contribution in [-0.2, 0) is 11.3 Å². The number of carbonyl (C=O) groups excluding carboxylic acids is 3. The number of hydrogen-bond acceptors (Lipinski definition) is 3. The van der Waals surface area contributed by atoms with E-state index in [9.17, 15) is 14.4 Å². The van der Waals surface area contributed by atoms with Crippen LogP contribution in [0.2, 0.25) is 0 Å². The largest absolute Gasteiger partial charge is 0.346 e. The molecular formula is C29H29N3O3. The summed E-state index contributed by atoms with van der Waals surface area (Å²) in [5, 5.41) is 3.04. The van der Waals surface area contributed by atoms with Gasteiger partial charge in [0.2, 0.25) is 5.91 Å². The number of anilines is 1. The van der Waals surface area contributed by atoms with Crippen molar-refractivity contribution in [3.05, 3.63) is 101 Å². The minimum absolute atomic E-state index is 0.0467. The molecule has 178 valence electrons. The molecule has 6 nitrogen and oxygen atoms in total. The second-order valence-corrected chi connectivity index (χ2v) is 9.40. The van der Waals surface area contributed by atoms with Gasteiger partial charge in [-0.25, -0.2) is 0 Å². The van der Waals surface area contributed by atoms with E-state index in [2.05, 4.69) is 5.32 Å². The highest BCUT2D eigenvalue weighted by molar-refractivity contribution is 6.11. The van der Waals surface area contributed by atoms with Crippen LogP contribution < -0.4 is 10.2 Å². The second kappa shape index (κ2) is 9.37. The number of benzene rings is 3. The molecule has 0 saturated carbocycles. The molecule has 35 heavy (non-hydrogen) atoms. The zero-order valence-corrected chi connectivity index (χ0v) is 20.0. The summed E-state index contributed by atoms with van der Waals surface area (Å²) in [6.45, 7) is 4.96. The number of carbonyl (C=O) groups is 3. The molecule has 0 aliphatic carbocycles. The molecule has 1 N–H and O–H groups in total. The first kappa shape index (κ1) is 22.8. The number of nitrogens with one attached hydrogen (secondary N) is 1. The summed E-state index contributed by atoms with van der Waals surface area (Å²) in [4.78, 5) is 42.8. The van der Waals surface area contributed by atoms with Gasteiger partial charge in [-0.15, -0.1) is 0 Å². The van der Waals surface area contributed by atoms with Crippen molar-refractivity contribution in [2.75, 3.05) is 11.4 Å². The monoisotopic (exact) mass is 467 g/mol. The molecule has 0 spiro atoms. The van der Waals surface area contributed by atoms with E-state index in [1.54, 1.807) is 28.0 Å². The Morgan fingerprint density at radius 2 is 1.71 bits per heavy atom. The SMILES string of the molecule is Cc1ccc([C@@H](C)NC(=O)c2ccc(CN3C(=O)[C@H]4CCCN4C(=O)c4ccccc43)cc2)cc1. The molecule has 0 aromatic heterocycles. The predicted octanol–water partition coefficient (Wildman–Crippen LogP) is 4.64. The van der Waals surface area contributed by atoms with Crippen molar-refractivity contribution in [3.63, 3.8) is 0 Å². The third-order valence-corrected chi connectivity index (χ3v) is 6.97. The molecule has 2 heterocycles. The molecule has 6 heteroatoms. The van der Waals surface area contributed by atoms with Gasteiger partial charge in [-0.05, 0) is 62.1 Å². The Balaban J connectivity index is 1.33. The number of fused-ring (bicyclic) bond motifs is 2. The lowest BCUT2D eigenvalue weighted by Gasteiger charge is -2.26. The maximum absolute atomic E-state index is 13.5. The number of amides is 3. The van der Waals surface area contributed by atoms with Crippen LogP contribution >= 0.6 is 0 Å². The highest BCUT2D eigenvalue weighted by Gasteiger charge is 2.41. The van der Waals surface area contributed by atoms with Crippen LogP contribution in [0.4, 0.5) is 5.69 Å². The predicted molar refractivity (Wildman–Crippen MR) is 135 cm³/mol. The summed E-state index contributed by atoms with van der Waals surface area (Å²) < 4.78 is 0. The first-order chi connectivity index (χ1) is 16.9. The average Bonchev–Trinajstić information content (AvgIpc) is 3.35. The lowest BCUT2D eigenvalue weighted by molar-refractivity contribution is -0.122.